The molecule has 1 atom stereocenters. The first-order chi connectivity index (χ1) is 9.86. The van der Waals surface area contributed by atoms with E-state index in [1.807, 2.05) is 0 Å². The molecule has 0 aromatic rings. The predicted molar refractivity (Wildman–Crippen MR) is 87.6 cm³/mol. The van der Waals surface area contributed by atoms with Crippen molar-refractivity contribution in [3.8, 4) is 0 Å². The van der Waals surface area contributed by atoms with Gasteiger partial charge in [-0.1, -0.05) is 27.7 Å². The van der Waals surface area contributed by atoms with E-state index in [9.17, 15) is 0 Å². The van der Waals surface area contributed by atoms with Gasteiger partial charge in [0.1, 0.15) is 0 Å². The molecule has 1 saturated carbocycles. The molecule has 0 radical (unpaired) electrons. The highest BCUT2D eigenvalue weighted by atomic mass is 16.5. The van der Waals surface area contributed by atoms with Gasteiger partial charge >= 0.3 is 0 Å². The lowest BCUT2D eigenvalue weighted by molar-refractivity contribution is 0.0159. The fraction of sp³-hybridized carbons (Fsp3) is 1.00. The first-order valence-electron chi connectivity index (χ1n) is 8.79. The van der Waals surface area contributed by atoms with Gasteiger partial charge in [0.2, 0.25) is 0 Å². The molecule has 1 saturated heterocycles. The standard InChI is InChI=1S/C18H35NO2/c1-17(2)11-15(12-18(3,4)14-17)19-8-6-9-20-13-16-7-5-10-21-16/h15-16,19H,5-14H2,1-4H3. The van der Waals surface area contributed by atoms with Crippen LogP contribution >= 0.6 is 0 Å². The zero-order valence-corrected chi connectivity index (χ0v) is 14.5. The van der Waals surface area contributed by atoms with Gasteiger partial charge in [0, 0.05) is 19.3 Å². The molecule has 0 bridgehead atoms. The molecule has 0 spiro atoms. The molecular formula is C18H35NO2. The fourth-order valence-electron chi connectivity index (χ4n) is 4.46. The zero-order chi connectivity index (χ0) is 15.3. The van der Waals surface area contributed by atoms with Crippen LogP contribution in [0.2, 0.25) is 0 Å². The highest BCUT2D eigenvalue weighted by Gasteiger charge is 2.37. The van der Waals surface area contributed by atoms with Crippen LogP contribution in [0.3, 0.4) is 0 Å². The van der Waals surface area contributed by atoms with Gasteiger partial charge in [-0.25, -0.2) is 0 Å². The van der Waals surface area contributed by atoms with Gasteiger partial charge < -0.3 is 14.8 Å². The first-order valence-corrected chi connectivity index (χ1v) is 8.79. The second kappa shape index (κ2) is 7.43. The number of ether oxygens (including phenoxy) is 2. The van der Waals surface area contributed by atoms with E-state index >= 15 is 0 Å². The van der Waals surface area contributed by atoms with Gasteiger partial charge in [0.05, 0.1) is 12.7 Å². The summed E-state index contributed by atoms with van der Waals surface area (Å²) in [6, 6.07) is 0.668. The summed E-state index contributed by atoms with van der Waals surface area (Å²) < 4.78 is 11.3. The fourth-order valence-corrected chi connectivity index (χ4v) is 4.46. The van der Waals surface area contributed by atoms with E-state index < -0.39 is 0 Å². The van der Waals surface area contributed by atoms with E-state index in [2.05, 4.69) is 33.0 Å². The van der Waals surface area contributed by atoms with Crippen LogP contribution in [0.5, 0.6) is 0 Å². The minimum atomic E-state index is 0.359. The summed E-state index contributed by atoms with van der Waals surface area (Å²) in [5.74, 6) is 0. The zero-order valence-electron chi connectivity index (χ0n) is 14.5. The molecule has 0 amide bonds. The average molecular weight is 297 g/mol. The van der Waals surface area contributed by atoms with E-state index in [0.717, 1.165) is 32.8 Å². The molecule has 1 unspecified atom stereocenters. The Morgan fingerprint density at radius 1 is 1.14 bits per heavy atom. The SMILES string of the molecule is CC1(C)CC(NCCCOCC2CCCO2)CC(C)(C)C1. The van der Waals surface area contributed by atoms with Gasteiger partial charge in [-0.3, -0.25) is 0 Å². The quantitative estimate of drug-likeness (QED) is 0.726. The Kier molecular flexibility index (Phi) is 6.10. The van der Waals surface area contributed by atoms with Crippen molar-refractivity contribution < 1.29 is 9.47 Å². The summed E-state index contributed by atoms with van der Waals surface area (Å²) in [6.07, 6.45) is 7.76. The molecule has 0 aromatic carbocycles. The van der Waals surface area contributed by atoms with Gasteiger partial charge in [-0.05, 0) is 55.9 Å². The number of nitrogens with one attached hydrogen (secondary N) is 1. The highest BCUT2D eigenvalue weighted by molar-refractivity contribution is 4.92. The molecule has 1 heterocycles. The van der Waals surface area contributed by atoms with E-state index in [1.54, 1.807) is 0 Å². The second-order valence-corrected chi connectivity index (χ2v) is 8.63. The van der Waals surface area contributed by atoms with Crippen molar-refractivity contribution in [2.45, 2.75) is 78.4 Å². The van der Waals surface area contributed by atoms with Crippen LogP contribution < -0.4 is 5.32 Å². The van der Waals surface area contributed by atoms with Crippen molar-refractivity contribution in [1.29, 1.82) is 0 Å². The molecule has 2 aliphatic rings. The Labute approximate surface area is 131 Å². The summed E-state index contributed by atoms with van der Waals surface area (Å²) >= 11 is 0. The monoisotopic (exact) mass is 297 g/mol. The third kappa shape index (κ3) is 6.25. The number of hydrogen-bond acceptors (Lipinski definition) is 3. The molecule has 3 nitrogen and oxygen atoms in total. The Hall–Kier alpha value is -0.120. The summed E-state index contributed by atoms with van der Waals surface area (Å²) in [5.41, 5.74) is 0.936. The minimum absolute atomic E-state index is 0.359. The summed E-state index contributed by atoms with van der Waals surface area (Å²) in [7, 11) is 0. The normalized spacial score (nSPS) is 28.9. The van der Waals surface area contributed by atoms with Crippen LogP contribution in [0, 0.1) is 10.8 Å². The van der Waals surface area contributed by atoms with Gasteiger partial charge in [-0.2, -0.15) is 0 Å². The molecule has 3 heteroatoms. The highest BCUT2D eigenvalue weighted by Crippen LogP contribution is 2.45. The Morgan fingerprint density at radius 2 is 1.86 bits per heavy atom. The molecule has 1 aliphatic carbocycles. The van der Waals surface area contributed by atoms with Crippen molar-refractivity contribution in [1.82, 2.24) is 5.32 Å². The van der Waals surface area contributed by atoms with Crippen molar-refractivity contribution >= 4 is 0 Å². The Morgan fingerprint density at radius 3 is 2.48 bits per heavy atom. The van der Waals surface area contributed by atoms with E-state index in [1.165, 1.54) is 32.1 Å². The van der Waals surface area contributed by atoms with Crippen molar-refractivity contribution in [3.63, 3.8) is 0 Å². The molecule has 124 valence electrons. The molecule has 21 heavy (non-hydrogen) atoms. The van der Waals surface area contributed by atoms with E-state index in [4.69, 9.17) is 9.47 Å². The smallest absolute Gasteiger partial charge is 0.0809 e. The Balaban J connectivity index is 1.55. The maximum atomic E-state index is 5.72. The molecule has 0 aromatic heterocycles. The topological polar surface area (TPSA) is 30.5 Å². The van der Waals surface area contributed by atoms with Crippen molar-refractivity contribution in [2.75, 3.05) is 26.4 Å². The summed E-state index contributed by atoms with van der Waals surface area (Å²) in [4.78, 5) is 0. The largest absolute Gasteiger partial charge is 0.379 e. The number of rotatable bonds is 7. The van der Waals surface area contributed by atoms with Crippen LogP contribution in [0.25, 0.3) is 0 Å². The van der Waals surface area contributed by atoms with Gasteiger partial charge in [-0.15, -0.1) is 0 Å². The maximum absolute atomic E-state index is 5.72. The van der Waals surface area contributed by atoms with E-state index in [-0.39, 0.29) is 0 Å². The van der Waals surface area contributed by atoms with Crippen molar-refractivity contribution in [2.24, 2.45) is 10.8 Å². The second-order valence-electron chi connectivity index (χ2n) is 8.63. The van der Waals surface area contributed by atoms with E-state index in [0.29, 0.717) is 23.0 Å². The molecule has 2 rings (SSSR count). The molecular weight excluding hydrogens is 262 g/mol. The van der Waals surface area contributed by atoms with Gasteiger partial charge in [0.25, 0.3) is 0 Å². The lowest BCUT2D eigenvalue weighted by Crippen LogP contribution is -2.44. The van der Waals surface area contributed by atoms with Crippen LogP contribution in [-0.4, -0.2) is 38.5 Å². The average Bonchev–Trinajstić information content (AvgIpc) is 2.82. The minimum Gasteiger partial charge on any atom is -0.379 e. The van der Waals surface area contributed by atoms with Crippen molar-refractivity contribution in [3.05, 3.63) is 0 Å². The summed E-state index contributed by atoms with van der Waals surface area (Å²) in [6.45, 7) is 13.3. The first kappa shape index (κ1) is 17.2. The van der Waals surface area contributed by atoms with Crippen LogP contribution in [-0.2, 0) is 9.47 Å². The molecule has 2 fully saturated rings. The summed E-state index contributed by atoms with van der Waals surface area (Å²) in [5, 5.41) is 3.75. The number of hydrogen-bond donors (Lipinski definition) is 1. The lowest BCUT2D eigenvalue weighted by atomic mass is 9.63. The molecule has 1 N–H and O–H groups in total. The third-order valence-electron chi connectivity index (χ3n) is 4.78. The predicted octanol–water partition coefficient (Wildman–Crippen LogP) is 3.77. The Bertz CT molecular complexity index is 292. The molecule has 1 aliphatic heterocycles. The van der Waals surface area contributed by atoms with Crippen LogP contribution in [0.15, 0.2) is 0 Å². The maximum Gasteiger partial charge on any atom is 0.0809 e. The van der Waals surface area contributed by atoms with Gasteiger partial charge in [0.15, 0.2) is 0 Å². The van der Waals surface area contributed by atoms with Crippen LogP contribution in [0.1, 0.15) is 66.2 Å². The third-order valence-corrected chi connectivity index (χ3v) is 4.78. The van der Waals surface area contributed by atoms with Crippen LogP contribution in [0.4, 0.5) is 0 Å². The lowest BCUT2D eigenvalue weighted by Gasteiger charge is -2.45.